The molecule has 1 amide bonds. The number of nitrogens with one attached hydrogen (secondary N) is 1. The summed E-state index contributed by atoms with van der Waals surface area (Å²) < 4.78 is 11.7. The number of halogens is 1. The lowest BCUT2D eigenvalue weighted by Gasteiger charge is -2.28. The van der Waals surface area contributed by atoms with E-state index in [1.165, 1.54) is 0 Å². The Balaban J connectivity index is 1.96. The molecule has 3 aromatic carbocycles. The van der Waals surface area contributed by atoms with Crippen molar-refractivity contribution in [2.45, 2.75) is 12.3 Å². The van der Waals surface area contributed by atoms with Gasteiger partial charge in [-0.15, -0.1) is 0 Å². The molecule has 26 heavy (non-hydrogen) atoms. The van der Waals surface area contributed by atoms with E-state index >= 15 is 0 Å². The second-order valence-corrected chi connectivity index (χ2v) is 7.15. The van der Waals surface area contributed by atoms with Gasteiger partial charge >= 0.3 is 0 Å². The summed E-state index contributed by atoms with van der Waals surface area (Å²) in [5.41, 5.74) is 3.03. The summed E-state index contributed by atoms with van der Waals surface area (Å²) in [6.45, 7) is 0. The molecule has 1 aliphatic heterocycles. The molecule has 0 saturated carbocycles. The van der Waals surface area contributed by atoms with Crippen molar-refractivity contribution in [2.75, 3.05) is 19.5 Å². The van der Waals surface area contributed by atoms with Crippen molar-refractivity contribution in [2.24, 2.45) is 0 Å². The minimum atomic E-state index is -0.0547. The molecule has 4 rings (SSSR count). The lowest BCUT2D eigenvalue weighted by molar-refractivity contribution is -0.116. The van der Waals surface area contributed by atoms with Gasteiger partial charge in [-0.3, -0.25) is 4.79 Å². The monoisotopic (exact) mass is 411 g/mol. The zero-order valence-electron chi connectivity index (χ0n) is 14.5. The number of methoxy groups -OCH3 is 2. The summed E-state index contributed by atoms with van der Waals surface area (Å²) in [5.74, 6) is 1.25. The Labute approximate surface area is 160 Å². The molecule has 0 spiro atoms. The van der Waals surface area contributed by atoms with Crippen LogP contribution in [-0.4, -0.2) is 20.1 Å². The molecule has 0 saturated heterocycles. The normalized spacial score (nSPS) is 16.1. The average molecular weight is 412 g/mol. The third-order valence-corrected chi connectivity index (χ3v) is 5.43. The van der Waals surface area contributed by atoms with Gasteiger partial charge in [-0.2, -0.15) is 0 Å². The Morgan fingerprint density at radius 3 is 2.65 bits per heavy atom. The van der Waals surface area contributed by atoms with Crippen LogP contribution >= 0.6 is 15.9 Å². The van der Waals surface area contributed by atoms with Gasteiger partial charge in [-0.25, -0.2) is 0 Å². The van der Waals surface area contributed by atoms with E-state index in [1.54, 1.807) is 14.2 Å². The van der Waals surface area contributed by atoms with Gasteiger partial charge in [0.25, 0.3) is 0 Å². The highest BCUT2D eigenvalue weighted by atomic mass is 79.9. The quantitative estimate of drug-likeness (QED) is 0.652. The van der Waals surface area contributed by atoms with Crippen LogP contribution in [0.25, 0.3) is 10.8 Å². The Morgan fingerprint density at radius 2 is 1.88 bits per heavy atom. The summed E-state index contributed by atoms with van der Waals surface area (Å²) in [5, 5.41) is 5.32. The summed E-state index contributed by atoms with van der Waals surface area (Å²) in [6, 6.07) is 16.2. The summed E-state index contributed by atoms with van der Waals surface area (Å²) in [4.78, 5) is 12.3. The Kier molecular flexibility index (Phi) is 4.32. The summed E-state index contributed by atoms with van der Waals surface area (Å²) in [6.07, 6.45) is 0.392. The van der Waals surface area contributed by atoms with Crippen LogP contribution in [0.4, 0.5) is 5.69 Å². The highest BCUT2D eigenvalue weighted by molar-refractivity contribution is 9.10. The highest BCUT2D eigenvalue weighted by Gasteiger charge is 2.29. The average Bonchev–Trinajstić information content (AvgIpc) is 2.66. The van der Waals surface area contributed by atoms with Crippen molar-refractivity contribution in [3.63, 3.8) is 0 Å². The zero-order chi connectivity index (χ0) is 18.3. The minimum Gasteiger partial charge on any atom is -0.493 e. The third-order valence-electron chi connectivity index (χ3n) is 4.84. The number of fused-ring (bicyclic) bond motifs is 3. The maximum atomic E-state index is 12.3. The number of ether oxygens (including phenoxy) is 2. The maximum absolute atomic E-state index is 12.3. The molecule has 4 nitrogen and oxygen atoms in total. The zero-order valence-corrected chi connectivity index (χ0v) is 16.1. The molecule has 1 heterocycles. The van der Waals surface area contributed by atoms with Gasteiger partial charge in [0.1, 0.15) is 0 Å². The minimum absolute atomic E-state index is 0.0173. The second-order valence-electron chi connectivity index (χ2n) is 6.29. The van der Waals surface area contributed by atoms with E-state index in [2.05, 4.69) is 33.4 Å². The van der Waals surface area contributed by atoms with Crippen LogP contribution < -0.4 is 14.8 Å². The fraction of sp³-hybridized carbons (Fsp3) is 0.190. The Morgan fingerprint density at radius 1 is 1.08 bits per heavy atom. The molecule has 0 bridgehead atoms. The number of benzene rings is 3. The van der Waals surface area contributed by atoms with Crippen molar-refractivity contribution in [1.82, 2.24) is 0 Å². The Hall–Kier alpha value is -2.53. The van der Waals surface area contributed by atoms with Gasteiger partial charge in [0.05, 0.1) is 18.7 Å². The van der Waals surface area contributed by atoms with Crippen molar-refractivity contribution in [3.05, 3.63) is 64.1 Å². The number of carbonyl (C=O) groups is 1. The van der Waals surface area contributed by atoms with Crippen molar-refractivity contribution in [3.8, 4) is 11.5 Å². The molecule has 1 atom stereocenters. The van der Waals surface area contributed by atoms with Crippen molar-refractivity contribution in [1.29, 1.82) is 0 Å². The van der Waals surface area contributed by atoms with Gasteiger partial charge in [0.15, 0.2) is 11.5 Å². The van der Waals surface area contributed by atoms with Crippen LogP contribution in [0.1, 0.15) is 23.5 Å². The van der Waals surface area contributed by atoms with Gasteiger partial charge in [-0.1, -0.05) is 30.3 Å². The molecule has 3 aromatic rings. The number of anilines is 1. The van der Waals surface area contributed by atoms with E-state index in [0.29, 0.717) is 17.9 Å². The van der Waals surface area contributed by atoms with Crippen molar-refractivity contribution < 1.29 is 14.3 Å². The first-order valence-electron chi connectivity index (χ1n) is 8.35. The van der Waals surface area contributed by atoms with E-state index in [4.69, 9.17) is 9.47 Å². The number of carbonyl (C=O) groups excluding carboxylic acids is 1. The lowest BCUT2D eigenvalue weighted by atomic mass is 9.82. The molecule has 1 N–H and O–H groups in total. The summed E-state index contributed by atoms with van der Waals surface area (Å²) in [7, 11) is 3.23. The molecule has 0 fully saturated rings. The molecule has 1 unspecified atom stereocenters. The third kappa shape index (κ3) is 2.72. The van der Waals surface area contributed by atoms with Gasteiger partial charge in [0.2, 0.25) is 5.91 Å². The van der Waals surface area contributed by atoms with Crippen LogP contribution in [0.5, 0.6) is 11.5 Å². The molecular formula is C21H18BrNO3. The lowest BCUT2D eigenvalue weighted by Crippen LogP contribution is -2.23. The first kappa shape index (κ1) is 16.9. The van der Waals surface area contributed by atoms with E-state index in [-0.39, 0.29) is 11.8 Å². The van der Waals surface area contributed by atoms with Crippen LogP contribution in [0, 0.1) is 0 Å². The van der Waals surface area contributed by atoms with Crippen LogP contribution in [0.15, 0.2) is 53.0 Å². The smallest absolute Gasteiger partial charge is 0.225 e. The predicted octanol–water partition coefficient (Wildman–Crippen LogP) is 5.09. The molecule has 5 heteroatoms. The predicted molar refractivity (Wildman–Crippen MR) is 106 cm³/mol. The number of amides is 1. The topological polar surface area (TPSA) is 47.6 Å². The van der Waals surface area contributed by atoms with Gasteiger partial charge in [-0.05, 0) is 56.0 Å². The Bertz CT molecular complexity index is 1020. The number of hydrogen-bond donors (Lipinski definition) is 1. The van der Waals surface area contributed by atoms with Gasteiger partial charge < -0.3 is 14.8 Å². The van der Waals surface area contributed by atoms with Crippen LogP contribution in [0.3, 0.4) is 0 Å². The highest BCUT2D eigenvalue weighted by Crippen LogP contribution is 2.45. The van der Waals surface area contributed by atoms with Crippen LogP contribution in [0.2, 0.25) is 0 Å². The summed E-state index contributed by atoms with van der Waals surface area (Å²) >= 11 is 3.56. The van der Waals surface area contributed by atoms with Crippen LogP contribution in [-0.2, 0) is 4.79 Å². The first-order valence-corrected chi connectivity index (χ1v) is 9.14. The first-order chi connectivity index (χ1) is 12.6. The second kappa shape index (κ2) is 6.65. The number of hydrogen-bond acceptors (Lipinski definition) is 3. The fourth-order valence-corrected chi connectivity index (χ4v) is 4.31. The van der Waals surface area contributed by atoms with E-state index in [1.807, 2.05) is 36.4 Å². The maximum Gasteiger partial charge on any atom is 0.225 e. The standard InChI is InChI=1S/C21H18BrNO3/c1-25-18-10-13(9-16(22)21(18)26-2)15-11-19(24)23-17-8-7-12-5-3-4-6-14(12)20(15)17/h3-10,15H,11H2,1-2H3,(H,23,24). The molecule has 1 aliphatic rings. The molecule has 132 valence electrons. The molecule has 0 aliphatic carbocycles. The van der Waals surface area contributed by atoms with E-state index in [0.717, 1.165) is 32.1 Å². The molecule has 0 radical (unpaired) electrons. The SMILES string of the molecule is COc1cc(C2CC(=O)Nc3ccc4ccccc4c32)cc(Br)c1OC. The molecular weight excluding hydrogens is 394 g/mol. The van der Waals surface area contributed by atoms with E-state index in [9.17, 15) is 4.79 Å². The van der Waals surface area contributed by atoms with E-state index < -0.39 is 0 Å². The fourth-order valence-electron chi connectivity index (χ4n) is 3.69. The van der Waals surface area contributed by atoms with Crippen molar-refractivity contribution >= 4 is 38.3 Å². The molecule has 0 aromatic heterocycles. The van der Waals surface area contributed by atoms with Gasteiger partial charge in [0, 0.05) is 18.0 Å². The largest absolute Gasteiger partial charge is 0.493 e. The number of rotatable bonds is 3.